The van der Waals surface area contributed by atoms with Crippen LogP contribution in [0.4, 0.5) is 0 Å². The molecule has 8 heteroatoms. The third-order valence-electron chi connectivity index (χ3n) is 1.77. The van der Waals surface area contributed by atoms with Gasteiger partial charge in [-0.05, 0) is 19.4 Å². The second-order valence-corrected chi connectivity index (χ2v) is 7.24. The lowest BCUT2D eigenvalue weighted by atomic mass is 10.3. The van der Waals surface area contributed by atoms with Crippen LogP contribution in [0, 0.1) is 0 Å². The van der Waals surface area contributed by atoms with Crippen LogP contribution in [0.2, 0.25) is 8.67 Å². The van der Waals surface area contributed by atoms with Crippen molar-refractivity contribution in [2.24, 2.45) is 0 Å². The van der Waals surface area contributed by atoms with Gasteiger partial charge >= 0.3 is 0 Å². The van der Waals surface area contributed by atoms with Gasteiger partial charge in [0.2, 0.25) is 10.0 Å². The first-order valence-corrected chi connectivity index (χ1v) is 7.51. The van der Waals surface area contributed by atoms with Gasteiger partial charge in [0.25, 0.3) is 0 Å². The van der Waals surface area contributed by atoms with E-state index in [9.17, 15) is 8.42 Å². The van der Waals surface area contributed by atoms with Crippen LogP contribution in [0.15, 0.2) is 11.0 Å². The molecule has 0 aromatic carbocycles. The van der Waals surface area contributed by atoms with Crippen molar-refractivity contribution < 1.29 is 13.5 Å². The van der Waals surface area contributed by atoms with Crippen molar-refractivity contribution in [3.8, 4) is 0 Å². The first kappa shape index (κ1) is 14.2. The number of aliphatic hydroxyl groups excluding tert-OH is 1. The van der Waals surface area contributed by atoms with Crippen molar-refractivity contribution in [3.63, 3.8) is 0 Å². The second-order valence-electron chi connectivity index (χ2n) is 3.22. The van der Waals surface area contributed by atoms with Crippen molar-refractivity contribution >= 4 is 44.6 Å². The number of hydrogen-bond donors (Lipinski definition) is 2. The predicted octanol–water partition coefficient (Wildman–Crippen LogP) is 2.10. The zero-order chi connectivity index (χ0) is 12.3. The molecule has 2 N–H and O–H groups in total. The van der Waals surface area contributed by atoms with Gasteiger partial charge in [0.15, 0.2) is 0 Å². The van der Waals surface area contributed by atoms with E-state index in [1.807, 2.05) is 0 Å². The molecule has 1 unspecified atom stereocenters. The average molecular weight is 304 g/mol. The summed E-state index contributed by atoms with van der Waals surface area (Å²) in [4.78, 5) is -0.0187. The summed E-state index contributed by atoms with van der Waals surface area (Å²) < 4.78 is 26.2. The van der Waals surface area contributed by atoms with Crippen LogP contribution < -0.4 is 4.72 Å². The molecule has 1 heterocycles. The zero-order valence-corrected chi connectivity index (χ0v) is 11.5. The van der Waals surface area contributed by atoms with Crippen LogP contribution >= 0.6 is 34.5 Å². The number of halogens is 2. The Kier molecular flexibility index (Phi) is 5.03. The summed E-state index contributed by atoms with van der Waals surface area (Å²) in [6.45, 7) is 1.74. The standard InChI is InChI=1S/C8H11Cl2NO3S2/c1-5(12)2-3-11-16(13,14)6-4-7(9)15-8(6)10/h4-5,11-12H,2-3H2,1H3. The first-order chi connectivity index (χ1) is 7.33. The highest BCUT2D eigenvalue weighted by atomic mass is 35.5. The molecule has 92 valence electrons. The summed E-state index contributed by atoms with van der Waals surface area (Å²) in [5.41, 5.74) is 0. The maximum Gasteiger partial charge on any atom is 0.242 e. The van der Waals surface area contributed by atoms with E-state index in [0.29, 0.717) is 10.8 Å². The fraction of sp³-hybridized carbons (Fsp3) is 0.500. The minimum atomic E-state index is -3.63. The summed E-state index contributed by atoms with van der Waals surface area (Å²) in [7, 11) is -3.63. The van der Waals surface area contributed by atoms with E-state index < -0.39 is 16.1 Å². The Bertz CT molecular complexity index is 456. The Balaban J connectivity index is 2.75. The molecule has 0 fully saturated rings. The Morgan fingerprint density at radius 3 is 2.62 bits per heavy atom. The van der Waals surface area contributed by atoms with Gasteiger partial charge in [-0.25, -0.2) is 13.1 Å². The first-order valence-electron chi connectivity index (χ1n) is 4.45. The number of rotatable bonds is 5. The molecule has 0 spiro atoms. The van der Waals surface area contributed by atoms with Crippen LogP contribution in [0.5, 0.6) is 0 Å². The van der Waals surface area contributed by atoms with E-state index in [2.05, 4.69) is 4.72 Å². The Morgan fingerprint density at radius 1 is 1.56 bits per heavy atom. The molecule has 0 radical (unpaired) electrons. The maximum atomic E-state index is 11.7. The summed E-state index contributed by atoms with van der Waals surface area (Å²) in [5.74, 6) is 0. The van der Waals surface area contributed by atoms with Gasteiger partial charge < -0.3 is 5.11 Å². The molecule has 0 aliphatic rings. The van der Waals surface area contributed by atoms with E-state index in [-0.39, 0.29) is 15.8 Å². The number of nitrogens with one attached hydrogen (secondary N) is 1. The van der Waals surface area contributed by atoms with Gasteiger partial charge in [-0.2, -0.15) is 0 Å². The molecule has 1 aromatic heterocycles. The van der Waals surface area contributed by atoms with Crippen molar-refractivity contribution in [1.29, 1.82) is 0 Å². The fourth-order valence-electron chi connectivity index (χ4n) is 0.988. The highest BCUT2D eigenvalue weighted by Gasteiger charge is 2.20. The molecular formula is C8H11Cl2NO3S2. The van der Waals surface area contributed by atoms with E-state index in [4.69, 9.17) is 28.3 Å². The van der Waals surface area contributed by atoms with Gasteiger partial charge in [-0.3, -0.25) is 0 Å². The highest BCUT2D eigenvalue weighted by Crippen LogP contribution is 2.33. The number of aliphatic hydroxyl groups is 1. The monoisotopic (exact) mass is 303 g/mol. The molecule has 4 nitrogen and oxygen atoms in total. The summed E-state index contributed by atoms with van der Waals surface area (Å²) >= 11 is 12.4. The molecular weight excluding hydrogens is 293 g/mol. The van der Waals surface area contributed by atoms with Gasteiger partial charge in [0.1, 0.15) is 9.23 Å². The molecule has 0 saturated heterocycles. The summed E-state index contributed by atoms with van der Waals surface area (Å²) in [6, 6.07) is 1.30. The lowest BCUT2D eigenvalue weighted by Crippen LogP contribution is -2.26. The molecule has 1 rings (SSSR count). The molecule has 0 aliphatic carbocycles. The van der Waals surface area contributed by atoms with Crippen LogP contribution in [-0.4, -0.2) is 26.2 Å². The zero-order valence-electron chi connectivity index (χ0n) is 8.41. The normalized spacial score (nSPS) is 14.0. The Labute approximate surface area is 108 Å². The molecule has 0 aliphatic heterocycles. The largest absolute Gasteiger partial charge is 0.393 e. The topological polar surface area (TPSA) is 66.4 Å². The van der Waals surface area contributed by atoms with E-state index in [0.717, 1.165) is 11.3 Å². The van der Waals surface area contributed by atoms with Gasteiger partial charge in [0, 0.05) is 6.54 Å². The lowest BCUT2D eigenvalue weighted by Gasteiger charge is -2.06. The molecule has 0 saturated carbocycles. The summed E-state index contributed by atoms with van der Waals surface area (Å²) in [5, 5.41) is 9.00. The fourth-order valence-corrected chi connectivity index (χ4v) is 4.18. The third-order valence-corrected chi connectivity index (χ3v) is 4.98. The van der Waals surface area contributed by atoms with Crippen molar-refractivity contribution in [2.45, 2.75) is 24.3 Å². The SMILES string of the molecule is CC(O)CCNS(=O)(=O)c1cc(Cl)sc1Cl. The van der Waals surface area contributed by atoms with Crippen LogP contribution in [0.1, 0.15) is 13.3 Å². The smallest absolute Gasteiger partial charge is 0.242 e. The maximum absolute atomic E-state index is 11.7. The number of hydrogen-bond acceptors (Lipinski definition) is 4. The highest BCUT2D eigenvalue weighted by molar-refractivity contribution is 7.89. The minimum absolute atomic E-state index is 0.0187. The third kappa shape index (κ3) is 3.87. The van der Waals surface area contributed by atoms with E-state index in [1.165, 1.54) is 6.07 Å². The molecule has 0 bridgehead atoms. The van der Waals surface area contributed by atoms with E-state index >= 15 is 0 Å². The van der Waals surface area contributed by atoms with Crippen LogP contribution in [0.3, 0.4) is 0 Å². The van der Waals surface area contributed by atoms with Crippen LogP contribution in [0.25, 0.3) is 0 Å². The molecule has 0 amide bonds. The van der Waals surface area contributed by atoms with Crippen LogP contribution in [-0.2, 0) is 10.0 Å². The van der Waals surface area contributed by atoms with E-state index in [1.54, 1.807) is 6.92 Å². The Morgan fingerprint density at radius 2 is 2.19 bits per heavy atom. The van der Waals surface area contributed by atoms with Gasteiger partial charge in [0.05, 0.1) is 10.4 Å². The van der Waals surface area contributed by atoms with Gasteiger partial charge in [-0.1, -0.05) is 23.2 Å². The second kappa shape index (κ2) is 5.66. The minimum Gasteiger partial charge on any atom is -0.393 e. The average Bonchev–Trinajstić information content (AvgIpc) is 2.44. The van der Waals surface area contributed by atoms with Crippen molar-refractivity contribution in [3.05, 3.63) is 14.7 Å². The molecule has 1 aromatic rings. The quantitative estimate of drug-likeness (QED) is 0.875. The van der Waals surface area contributed by atoms with Crippen molar-refractivity contribution in [2.75, 3.05) is 6.54 Å². The Hall–Kier alpha value is 0.150. The predicted molar refractivity (Wildman–Crippen MR) is 65.8 cm³/mol. The molecule has 16 heavy (non-hydrogen) atoms. The number of sulfonamides is 1. The van der Waals surface area contributed by atoms with Gasteiger partial charge in [-0.15, -0.1) is 11.3 Å². The molecule has 1 atom stereocenters. The summed E-state index contributed by atoms with van der Waals surface area (Å²) in [6.07, 6.45) is -0.210. The van der Waals surface area contributed by atoms with Crippen molar-refractivity contribution in [1.82, 2.24) is 4.72 Å². The lowest BCUT2D eigenvalue weighted by molar-refractivity contribution is 0.186. The number of thiophene rings is 1.